The van der Waals surface area contributed by atoms with E-state index in [9.17, 15) is 14.9 Å². The predicted octanol–water partition coefficient (Wildman–Crippen LogP) is 2.56. The largest absolute Gasteiger partial charge is 0.383 e. The van der Waals surface area contributed by atoms with E-state index in [2.05, 4.69) is 11.1 Å². The van der Waals surface area contributed by atoms with E-state index in [1.807, 2.05) is 67.6 Å². The third kappa shape index (κ3) is 4.10. The molecule has 0 amide bonds. The smallest absolute Gasteiger partial charge is 0.330 e. The molecule has 0 aliphatic carbocycles. The quantitative estimate of drug-likeness (QED) is 0.624. The number of nitrogens with zero attached hydrogens (tertiary/aromatic N) is 4. The minimum Gasteiger partial charge on any atom is -0.383 e. The Bertz CT molecular complexity index is 1210. The van der Waals surface area contributed by atoms with Gasteiger partial charge in [-0.15, -0.1) is 0 Å². The highest BCUT2D eigenvalue weighted by atomic mass is 16.2. The molecule has 3 rings (SSSR count). The first kappa shape index (κ1) is 21.2. The first-order valence-electron chi connectivity index (χ1n) is 10.1. The molecule has 0 atom stereocenters. The number of aromatic nitrogens is 3. The van der Waals surface area contributed by atoms with Crippen molar-refractivity contribution in [3.63, 3.8) is 0 Å². The third-order valence-corrected chi connectivity index (χ3v) is 4.90. The average Bonchev–Trinajstić information content (AvgIpc) is 3.01. The SMILES string of the molecule is CC(C)CN(Cc1cn2ccccc2c1C#N)c1c(N)n(CC(C)C)c(=O)[nH]c1=O. The summed E-state index contributed by atoms with van der Waals surface area (Å²) in [7, 11) is 0. The van der Waals surface area contributed by atoms with Gasteiger partial charge in [0.1, 0.15) is 17.6 Å². The van der Waals surface area contributed by atoms with Crippen molar-refractivity contribution in [1.82, 2.24) is 14.0 Å². The van der Waals surface area contributed by atoms with Gasteiger partial charge in [0.25, 0.3) is 5.56 Å². The van der Waals surface area contributed by atoms with Crippen LogP contribution in [0.1, 0.15) is 38.8 Å². The minimum atomic E-state index is -0.513. The normalized spacial score (nSPS) is 11.4. The maximum atomic E-state index is 12.8. The number of H-pyrrole nitrogens is 1. The second-order valence-corrected chi connectivity index (χ2v) is 8.41. The van der Waals surface area contributed by atoms with Gasteiger partial charge < -0.3 is 15.0 Å². The van der Waals surface area contributed by atoms with Crippen LogP contribution in [0.5, 0.6) is 0 Å². The van der Waals surface area contributed by atoms with Gasteiger partial charge in [0.05, 0.1) is 11.1 Å². The molecule has 158 valence electrons. The van der Waals surface area contributed by atoms with E-state index in [-0.39, 0.29) is 23.3 Å². The van der Waals surface area contributed by atoms with Gasteiger partial charge in [-0.3, -0.25) is 14.3 Å². The van der Waals surface area contributed by atoms with Gasteiger partial charge >= 0.3 is 5.69 Å². The molecule has 0 saturated heterocycles. The van der Waals surface area contributed by atoms with Crippen molar-refractivity contribution >= 4 is 17.0 Å². The van der Waals surface area contributed by atoms with Crippen LogP contribution in [-0.4, -0.2) is 20.5 Å². The molecular weight excluding hydrogens is 380 g/mol. The number of pyridine rings is 1. The molecule has 0 radical (unpaired) electrons. The molecule has 3 aromatic heterocycles. The lowest BCUT2D eigenvalue weighted by atomic mass is 10.1. The Morgan fingerprint density at radius 1 is 1.20 bits per heavy atom. The Morgan fingerprint density at radius 3 is 2.57 bits per heavy atom. The molecule has 0 unspecified atom stereocenters. The Balaban J connectivity index is 2.14. The summed E-state index contributed by atoms with van der Waals surface area (Å²) in [5.74, 6) is 0.571. The number of anilines is 2. The number of rotatable bonds is 7. The fourth-order valence-electron chi connectivity index (χ4n) is 3.74. The fraction of sp³-hybridized carbons (Fsp3) is 0.409. The molecule has 0 aromatic carbocycles. The number of aromatic amines is 1. The minimum absolute atomic E-state index is 0.153. The van der Waals surface area contributed by atoms with Crippen molar-refractivity contribution in [2.75, 3.05) is 17.2 Å². The van der Waals surface area contributed by atoms with Gasteiger partial charge in [0, 0.05) is 37.6 Å². The van der Waals surface area contributed by atoms with Gasteiger partial charge in [0.15, 0.2) is 0 Å². The molecule has 3 aromatic rings. The number of hydrogen-bond acceptors (Lipinski definition) is 5. The van der Waals surface area contributed by atoms with Crippen molar-refractivity contribution in [2.24, 2.45) is 11.8 Å². The number of nitrogens with one attached hydrogen (secondary N) is 1. The molecule has 30 heavy (non-hydrogen) atoms. The van der Waals surface area contributed by atoms with E-state index < -0.39 is 11.2 Å². The molecule has 3 heterocycles. The van der Waals surface area contributed by atoms with Crippen LogP contribution in [0.25, 0.3) is 5.52 Å². The third-order valence-electron chi connectivity index (χ3n) is 4.90. The second kappa shape index (κ2) is 8.49. The van der Waals surface area contributed by atoms with E-state index in [1.54, 1.807) is 0 Å². The lowest BCUT2D eigenvalue weighted by Crippen LogP contribution is -2.40. The molecule has 0 aliphatic rings. The number of nitrogen functional groups attached to an aromatic ring is 1. The van der Waals surface area contributed by atoms with Gasteiger partial charge in [-0.2, -0.15) is 5.26 Å². The van der Waals surface area contributed by atoms with E-state index in [1.165, 1.54) is 4.57 Å². The highest BCUT2D eigenvalue weighted by Crippen LogP contribution is 2.25. The average molecular weight is 409 g/mol. The van der Waals surface area contributed by atoms with Crippen LogP contribution in [-0.2, 0) is 13.1 Å². The zero-order valence-electron chi connectivity index (χ0n) is 17.8. The van der Waals surface area contributed by atoms with Crippen LogP contribution in [0.15, 0.2) is 40.2 Å². The molecule has 8 heteroatoms. The second-order valence-electron chi connectivity index (χ2n) is 8.41. The van der Waals surface area contributed by atoms with Gasteiger partial charge in [-0.1, -0.05) is 33.8 Å². The fourth-order valence-corrected chi connectivity index (χ4v) is 3.74. The van der Waals surface area contributed by atoms with Crippen molar-refractivity contribution in [1.29, 1.82) is 5.26 Å². The van der Waals surface area contributed by atoms with E-state index in [4.69, 9.17) is 5.73 Å². The molecular formula is C22H28N6O2. The Kier molecular flexibility index (Phi) is 6.01. The molecule has 0 fully saturated rings. The molecule has 0 saturated carbocycles. The van der Waals surface area contributed by atoms with Gasteiger partial charge in [-0.25, -0.2) is 4.79 Å². The van der Waals surface area contributed by atoms with Crippen LogP contribution in [0, 0.1) is 23.2 Å². The summed E-state index contributed by atoms with van der Waals surface area (Å²) in [6.07, 6.45) is 3.78. The summed E-state index contributed by atoms with van der Waals surface area (Å²) < 4.78 is 3.31. The highest BCUT2D eigenvalue weighted by Gasteiger charge is 2.22. The lowest BCUT2D eigenvalue weighted by Gasteiger charge is -2.28. The summed E-state index contributed by atoms with van der Waals surface area (Å²) in [5.41, 5.74) is 7.76. The van der Waals surface area contributed by atoms with Crippen molar-refractivity contribution in [2.45, 2.75) is 40.8 Å². The van der Waals surface area contributed by atoms with Crippen LogP contribution >= 0.6 is 0 Å². The number of nitriles is 1. The van der Waals surface area contributed by atoms with Crippen LogP contribution in [0.3, 0.4) is 0 Å². The van der Waals surface area contributed by atoms with E-state index in [0.717, 1.165) is 11.1 Å². The van der Waals surface area contributed by atoms with E-state index >= 15 is 0 Å². The molecule has 0 spiro atoms. The topological polar surface area (TPSA) is 112 Å². The molecule has 3 N–H and O–H groups in total. The summed E-state index contributed by atoms with van der Waals surface area (Å²) in [6, 6.07) is 7.95. The summed E-state index contributed by atoms with van der Waals surface area (Å²) in [5, 5.41) is 9.74. The van der Waals surface area contributed by atoms with Crippen LogP contribution in [0.4, 0.5) is 11.5 Å². The van der Waals surface area contributed by atoms with Gasteiger partial charge in [-0.05, 0) is 24.0 Å². The van der Waals surface area contributed by atoms with Crippen LogP contribution in [0.2, 0.25) is 0 Å². The first-order chi connectivity index (χ1) is 14.2. The van der Waals surface area contributed by atoms with Crippen LogP contribution < -0.4 is 21.9 Å². The Labute approximate surface area is 175 Å². The monoisotopic (exact) mass is 408 g/mol. The van der Waals surface area contributed by atoms with E-state index in [0.29, 0.717) is 25.2 Å². The van der Waals surface area contributed by atoms with Crippen molar-refractivity contribution < 1.29 is 0 Å². The Morgan fingerprint density at radius 2 is 1.93 bits per heavy atom. The van der Waals surface area contributed by atoms with Crippen molar-refractivity contribution in [3.8, 4) is 6.07 Å². The molecule has 0 bridgehead atoms. The zero-order valence-corrected chi connectivity index (χ0v) is 17.8. The first-order valence-corrected chi connectivity index (χ1v) is 10.1. The summed E-state index contributed by atoms with van der Waals surface area (Å²) in [4.78, 5) is 29.4. The number of nitrogens with two attached hydrogens (primary N) is 1. The van der Waals surface area contributed by atoms with Crippen molar-refractivity contribution in [3.05, 3.63) is 62.6 Å². The maximum absolute atomic E-state index is 12.8. The number of fused-ring (bicyclic) bond motifs is 1. The highest BCUT2D eigenvalue weighted by molar-refractivity contribution is 5.67. The zero-order chi connectivity index (χ0) is 22.0. The van der Waals surface area contributed by atoms with Gasteiger partial charge in [0.2, 0.25) is 0 Å². The number of hydrogen-bond donors (Lipinski definition) is 2. The summed E-state index contributed by atoms with van der Waals surface area (Å²) in [6.45, 7) is 9.33. The standard InChI is InChI=1S/C22H28N6O2/c1-14(2)10-27(13-16-12-26-8-6-5-7-18(26)17(16)9-23)19-20(24)28(11-15(3)4)22(30)25-21(19)29/h5-8,12,14-15H,10-11,13,24H2,1-4H3,(H,25,29,30). The maximum Gasteiger partial charge on any atom is 0.330 e. The Hall–Kier alpha value is -3.47. The molecule has 8 nitrogen and oxygen atoms in total. The predicted molar refractivity (Wildman–Crippen MR) is 119 cm³/mol. The lowest BCUT2D eigenvalue weighted by molar-refractivity contribution is 0.505. The molecule has 0 aliphatic heterocycles. The summed E-state index contributed by atoms with van der Waals surface area (Å²) >= 11 is 0.